The number of piperazine rings is 1. The van der Waals surface area contributed by atoms with Gasteiger partial charge in [-0.25, -0.2) is 4.98 Å². The number of thioether (sulfide) groups is 1. The first-order valence-corrected chi connectivity index (χ1v) is 11.0. The molecule has 0 unspecified atom stereocenters. The second-order valence-electron chi connectivity index (χ2n) is 7.16. The van der Waals surface area contributed by atoms with Crippen LogP contribution in [-0.4, -0.2) is 64.2 Å². The molecule has 1 saturated heterocycles. The van der Waals surface area contributed by atoms with Crippen LogP contribution in [0.1, 0.15) is 18.4 Å². The van der Waals surface area contributed by atoms with Crippen LogP contribution >= 0.6 is 11.8 Å². The van der Waals surface area contributed by atoms with Crippen molar-refractivity contribution >= 4 is 23.6 Å². The number of benzene rings is 1. The molecule has 1 aliphatic heterocycles. The Balaban J connectivity index is 1.41. The van der Waals surface area contributed by atoms with Gasteiger partial charge < -0.3 is 15.2 Å². The summed E-state index contributed by atoms with van der Waals surface area (Å²) >= 11 is 1.60. The van der Waals surface area contributed by atoms with Crippen LogP contribution in [0.2, 0.25) is 0 Å². The minimum absolute atomic E-state index is 0.0477. The Morgan fingerprint density at radius 2 is 2.17 bits per heavy atom. The number of nitrogens with one attached hydrogen (secondary N) is 2. The third-order valence-electron chi connectivity index (χ3n) is 5.01. The standard InChI is InChI=1S/C21H29N5O2S/c1-25-13-9-24-21(25)29-15-11-22-19(27)16-18-20(28)23-10-14-26(18)12-5-8-17-6-3-2-4-7-17/h2-4,6-7,9,13,18H,5,8,10-12,14-16H2,1H3,(H,22,27)(H,23,28)/t18-/m1/s1. The predicted octanol–water partition coefficient (Wildman–Crippen LogP) is 1.45. The molecule has 0 radical (unpaired) electrons. The van der Waals surface area contributed by atoms with Gasteiger partial charge in [-0.1, -0.05) is 42.1 Å². The summed E-state index contributed by atoms with van der Waals surface area (Å²) in [4.78, 5) is 31.1. The highest BCUT2D eigenvalue weighted by atomic mass is 32.2. The van der Waals surface area contributed by atoms with Gasteiger partial charge in [0, 0.05) is 44.8 Å². The van der Waals surface area contributed by atoms with Crippen molar-refractivity contribution in [3.63, 3.8) is 0 Å². The highest BCUT2D eigenvalue weighted by molar-refractivity contribution is 7.99. The van der Waals surface area contributed by atoms with E-state index in [1.807, 2.05) is 36.0 Å². The van der Waals surface area contributed by atoms with Crippen molar-refractivity contribution in [2.24, 2.45) is 7.05 Å². The summed E-state index contributed by atoms with van der Waals surface area (Å²) in [6, 6.07) is 9.96. The zero-order chi connectivity index (χ0) is 20.5. The molecule has 1 aliphatic rings. The molecule has 2 N–H and O–H groups in total. The second-order valence-corrected chi connectivity index (χ2v) is 8.22. The monoisotopic (exact) mass is 415 g/mol. The molecule has 8 heteroatoms. The van der Waals surface area contributed by atoms with Crippen LogP contribution in [0.3, 0.4) is 0 Å². The Morgan fingerprint density at radius 3 is 2.93 bits per heavy atom. The number of hydrogen-bond donors (Lipinski definition) is 2. The summed E-state index contributed by atoms with van der Waals surface area (Å²) in [6.07, 6.45) is 5.80. The van der Waals surface area contributed by atoms with Gasteiger partial charge in [-0.05, 0) is 24.9 Å². The lowest BCUT2D eigenvalue weighted by Crippen LogP contribution is -2.56. The lowest BCUT2D eigenvalue weighted by atomic mass is 10.1. The number of nitrogens with zero attached hydrogens (tertiary/aromatic N) is 3. The first-order chi connectivity index (χ1) is 14.1. The van der Waals surface area contributed by atoms with Crippen molar-refractivity contribution in [3.8, 4) is 0 Å². The molecule has 7 nitrogen and oxygen atoms in total. The Labute approximate surface area is 176 Å². The Morgan fingerprint density at radius 1 is 1.34 bits per heavy atom. The minimum Gasteiger partial charge on any atom is -0.355 e. The van der Waals surface area contributed by atoms with E-state index in [0.717, 1.165) is 36.8 Å². The average molecular weight is 416 g/mol. The Hall–Kier alpha value is -2.32. The molecule has 0 bridgehead atoms. The molecule has 1 aromatic heterocycles. The molecule has 2 aromatic rings. The molecule has 0 spiro atoms. The quantitative estimate of drug-likeness (QED) is 0.454. The maximum absolute atomic E-state index is 12.4. The van der Waals surface area contributed by atoms with Crippen molar-refractivity contribution in [1.29, 1.82) is 0 Å². The molecular formula is C21H29N5O2S. The number of aryl methyl sites for hydroxylation is 2. The van der Waals surface area contributed by atoms with E-state index in [1.54, 1.807) is 18.0 Å². The van der Waals surface area contributed by atoms with Crippen LogP contribution in [0, 0.1) is 0 Å². The normalized spacial score (nSPS) is 17.1. The summed E-state index contributed by atoms with van der Waals surface area (Å²) in [7, 11) is 1.95. The third kappa shape index (κ3) is 6.61. The van der Waals surface area contributed by atoms with Gasteiger partial charge in [-0.15, -0.1) is 0 Å². The molecule has 0 saturated carbocycles. The van der Waals surface area contributed by atoms with Gasteiger partial charge in [-0.2, -0.15) is 0 Å². The summed E-state index contributed by atoms with van der Waals surface area (Å²) in [6.45, 7) is 2.80. The molecule has 1 atom stereocenters. The van der Waals surface area contributed by atoms with E-state index in [9.17, 15) is 9.59 Å². The summed E-state index contributed by atoms with van der Waals surface area (Å²) in [5, 5.41) is 6.75. The molecule has 3 rings (SSSR count). The van der Waals surface area contributed by atoms with Crippen molar-refractivity contribution in [2.75, 3.05) is 31.9 Å². The van der Waals surface area contributed by atoms with Gasteiger partial charge >= 0.3 is 0 Å². The summed E-state index contributed by atoms with van der Waals surface area (Å²) < 4.78 is 1.95. The van der Waals surface area contributed by atoms with E-state index < -0.39 is 0 Å². The minimum atomic E-state index is -0.387. The summed E-state index contributed by atoms with van der Waals surface area (Å²) in [5.41, 5.74) is 1.30. The first kappa shape index (κ1) is 21.4. The Bertz CT molecular complexity index is 795. The largest absolute Gasteiger partial charge is 0.355 e. The van der Waals surface area contributed by atoms with Crippen molar-refractivity contribution in [1.82, 2.24) is 25.1 Å². The number of imidazole rings is 1. The van der Waals surface area contributed by atoms with Gasteiger partial charge in [0.15, 0.2) is 5.16 Å². The van der Waals surface area contributed by atoms with E-state index in [2.05, 4.69) is 32.7 Å². The van der Waals surface area contributed by atoms with Crippen LogP contribution in [0.25, 0.3) is 0 Å². The van der Waals surface area contributed by atoms with E-state index in [0.29, 0.717) is 13.1 Å². The highest BCUT2D eigenvalue weighted by Crippen LogP contribution is 2.14. The first-order valence-electron chi connectivity index (χ1n) is 10.1. The van der Waals surface area contributed by atoms with Gasteiger partial charge in [0.1, 0.15) is 0 Å². The van der Waals surface area contributed by atoms with Crippen LogP contribution in [0.5, 0.6) is 0 Å². The van der Waals surface area contributed by atoms with Crippen LogP contribution < -0.4 is 10.6 Å². The topological polar surface area (TPSA) is 79.3 Å². The van der Waals surface area contributed by atoms with Gasteiger partial charge in [0.25, 0.3) is 0 Å². The van der Waals surface area contributed by atoms with E-state index in [4.69, 9.17) is 0 Å². The van der Waals surface area contributed by atoms with Crippen LogP contribution in [0.15, 0.2) is 47.9 Å². The molecule has 29 heavy (non-hydrogen) atoms. The smallest absolute Gasteiger partial charge is 0.237 e. The Kier molecular flexibility index (Phi) is 8.13. The van der Waals surface area contributed by atoms with E-state index in [-0.39, 0.29) is 24.3 Å². The number of aromatic nitrogens is 2. The fraction of sp³-hybridized carbons (Fsp3) is 0.476. The number of amides is 2. The van der Waals surface area contributed by atoms with Crippen LogP contribution in [-0.2, 0) is 23.1 Å². The van der Waals surface area contributed by atoms with E-state index >= 15 is 0 Å². The zero-order valence-electron chi connectivity index (χ0n) is 16.8. The fourth-order valence-electron chi connectivity index (χ4n) is 3.45. The number of carbonyl (C=O) groups excluding carboxylic acids is 2. The molecule has 1 aromatic carbocycles. The van der Waals surface area contributed by atoms with Gasteiger partial charge in [0.2, 0.25) is 11.8 Å². The van der Waals surface area contributed by atoms with E-state index in [1.165, 1.54) is 5.56 Å². The third-order valence-corrected chi connectivity index (χ3v) is 6.07. The lowest BCUT2D eigenvalue weighted by Gasteiger charge is -2.34. The zero-order valence-corrected chi connectivity index (χ0v) is 17.7. The lowest BCUT2D eigenvalue weighted by molar-refractivity contribution is -0.133. The SMILES string of the molecule is Cn1ccnc1SCCNC(=O)C[C@@H]1C(=O)NCCN1CCCc1ccccc1. The molecule has 2 heterocycles. The van der Waals surface area contributed by atoms with Gasteiger partial charge in [-0.3, -0.25) is 14.5 Å². The highest BCUT2D eigenvalue weighted by Gasteiger charge is 2.31. The summed E-state index contributed by atoms with van der Waals surface area (Å²) in [5.74, 6) is 0.614. The van der Waals surface area contributed by atoms with Crippen LogP contribution in [0.4, 0.5) is 0 Å². The second kappa shape index (κ2) is 11.0. The average Bonchev–Trinajstić information content (AvgIpc) is 3.13. The fourth-order valence-corrected chi connectivity index (χ4v) is 4.24. The van der Waals surface area contributed by atoms with Crippen molar-refractivity contribution < 1.29 is 9.59 Å². The molecule has 0 aliphatic carbocycles. The predicted molar refractivity (Wildman–Crippen MR) is 115 cm³/mol. The number of rotatable bonds is 10. The molecule has 1 fully saturated rings. The van der Waals surface area contributed by atoms with Crippen molar-refractivity contribution in [2.45, 2.75) is 30.5 Å². The molecule has 2 amide bonds. The molecular weight excluding hydrogens is 386 g/mol. The maximum Gasteiger partial charge on any atom is 0.237 e. The number of carbonyl (C=O) groups is 2. The maximum atomic E-state index is 12.4. The number of hydrogen-bond acceptors (Lipinski definition) is 5. The van der Waals surface area contributed by atoms with Crippen molar-refractivity contribution in [3.05, 3.63) is 48.3 Å². The molecule has 156 valence electrons. The van der Waals surface area contributed by atoms with Gasteiger partial charge in [0.05, 0.1) is 12.5 Å².